The zero-order valence-corrected chi connectivity index (χ0v) is 14.5. The van der Waals surface area contributed by atoms with Gasteiger partial charge >= 0.3 is 12.2 Å². The number of alkyl halides is 3. The number of nitrogens with zero attached hydrogens (tertiary/aromatic N) is 2. The van der Waals surface area contributed by atoms with Gasteiger partial charge in [-0.3, -0.25) is 0 Å². The molecule has 27 heavy (non-hydrogen) atoms. The van der Waals surface area contributed by atoms with Gasteiger partial charge in [0.25, 0.3) is 0 Å². The fraction of sp³-hybridized carbons (Fsp3) is 0.316. The van der Waals surface area contributed by atoms with Crippen molar-refractivity contribution in [3.63, 3.8) is 0 Å². The molecule has 2 N–H and O–H groups in total. The van der Waals surface area contributed by atoms with Crippen molar-refractivity contribution in [1.29, 1.82) is 0 Å². The third-order valence-corrected chi connectivity index (χ3v) is 4.51. The van der Waals surface area contributed by atoms with E-state index in [2.05, 4.69) is 5.32 Å². The number of carbonyl (C=O) groups is 1. The Balaban J connectivity index is 1.49. The number of amides is 2. The first-order valence-electron chi connectivity index (χ1n) is 8.56. The van der Waals surface area contributed by atoms with E-state index in [0.717, 1.165) is 17.8 Å². The third-order valence-electron chi connectivity index (χ3n) is 4.51. The smallest absolute Gasteiger partial charge is 0.416 e. The molecule has 0 radical (unpaired) electrons. The highest BCUT2D eigenvalue weighted by Gasteiger charge is 2.30. The highest BCUT2D eigenvalue weighted by atomic mass is 19.4. The Morgan fingerprint density at radius 2 is 1.63 bits per heavy atom. The van der Waals surface area contributed by atoms with Crippen molar-refractivity contribution >= 4 is 11.7 Å². The van der Waals surface area contributed by atoms with Crippen molar-refractivity contribution < 1.29 is 23.1 Å². The molecule has 3 rings (SSSR count). The normalized spacial score (nSPS) is 14.9. The van der Waals surface area contributed by atoms with Crippen LogP contribution in [0, 0.1) is 0 Å². The van der Waals surface area contributed by atoms with E-state index in [1.165, 1.54) is 12.1 Å². The molecule has 0 aliphatic carbocycles. The minimum absolute atomic E-state index is 0.163. The van der Waals surface area contributed by atoms with Crippen LogP contribution in [-0.2, 0) is 12.7 Å². The lowest BCUT2D eigenvalue weighted by Gasteiger charge is -2.36. The van der Waals surface area contributed by atoms with Crippen LogP contribution in [0.2, 0.25) is 0 Å². The standard InChI is InChI=1S/C19H20F3N3O2/c20-19(21,22)15-7-5-14(6-8-15)13-23-18(27)25-11-9-24(10-12-25)16-3-1-2-4-17(16)26/h1-8,26H,9-13H2,(H,23,27). The second-order valence-corrected chi connectivity index (χ2v) is 6.32. The van der Waals surface area contributed by atoms with Crippen molar-refractivity contribution in [3.8, 4) is 5.75 Å². The number of piperazine rings is 1. The van der Waals surface area contributed by atoms with Gasteiger partial charge in [-0.15, -0.1) is 0 Å². The maximum absolute atomic E-state index is 12.6. The molecule has 1 saturated heterocycles. The summed E-state index contributed by atoms with van der Waals surface area (Å²) in [5, 5.41) is 12.6. The third kappa shape index (κ3) is 4.64. The van der Waals surface area contributed by atoms with Crippen LogP contribution in [0.4, 0.5) is 23.7 Å². The Bertz CT molecular complexity index is 786. The number of carbonyl (C=O) groups excluding carboxylic acids is 1. The molecule has 144 valence electrons. The molecule has 5 nitrogen and oxygen atoms in total. The number of nitrogens with one attached hydrogen (secondary N) is 1. The summed E-state index contributed by atoms with van der Waals surface area (Å²) in [5.74, 6) is 0.206. The number of hydrogen-bond acceptors (Lipinski definition) is 3. The van der Waals surface area contributed by atoms with E-state index in [1.54, 1.807) is 17.0 Å². The van der Waals surface area contributed by atoms with Crippen molar-refractivity contribution in [3.05, 3.63) is 59.7 Å². The molecule has 8 heteroatoms. The van der Waals surface area contributed by atoms with Crippen molar-refractivity contribution in [1.82, 2.24) is 10.2 Å². The Morgan fingerprint density at radius 3 is 2.22 bits per heavy atom. The van der Waals surface area contributed by atoms with Gasteiger partial charge in [-0.1, -0.05) is 24.3 Å². The molecular weight excluding hydrogens is 359 g/mol. The maximum atomic E-state index is 12.6. The number of phenolic OH excluding ortho intramolecular Hbond substituents is 1. The lowest BCUT2D eigenvalue weighted by molar-refractivity contribution is -0.137. The molecule has 0 saturated carbocycles. The van der Waals surface area contributed by atoms with Crippen LogP contribution in [0.25, 0.3) is 0 Å². The molecule has 0 unspecified atom stereocenters. The molecule has 0 bridgehead atoms. The molecule has 2 aromatic carbocycles. The number of halogens is 3. The van der Waals surface area contributed by atoms with Crippen LogP contribution >= 0.6 is 0 Å². The number of phenols is 1. The average molecular weight is 379 g/mol. The molecule has 0 atom stereocenters. The Hall–Kier alpha value is -2.90. The number of hydrogen-bond donors (Lipinski definition) is 2. The zero-order chi connectivity index (χ0) is 19.4. The zero-order valence-electron chi connectivity index (χ0n) is 14.5. The molecule has 0 spiro atoms. The topological polar surface area (TPSA) is 55.8 Å². The Labute approximate surface area is 155 Å². The van der Waals surface area contributed by atoms with Gasteiger partial charge < -0.3 is 20.2 Å². The van der Waals surface area contributed by atoms with Gasteiger partial charge in [0.05, 0.1) is 11.3 Å². The van der Waals surface area contributed by atoms with Crippen LogP contribution in [0.3, 0.4) is 0 Å². The van der Waals surface area contributed by atoms with Gasteiger partial charge in [-0.25, -0.2) is 4.79 Å². The van der Waals surface area contributed by atoms with Gasteiger partial charge in [0.2, 0.25) is 0 Å². The molecule has 1 aliphatic heterocycles. The summed E-state index contributed by atoms with van der Waals surface area (Å²) in [7, 11) is 0. The first-order valence-corrected chi connectivity index (χ1v) is 8.56. The van der Waals surface area contributed by atoms with Crippen LogP contribution in [0.1, 0.15) is 11.1 Å². The molecule has 1 aliphatic rings. The van der Waals surface area contributed by atoms with Crippen LogP contribution in [0.5, 0.6) is 5.75 Å². The van der Waals surface area contributed by atoms with Crippen LogP contribution < -0.4 is 10.2 Å². The summed E-state index contributed by atoms with van der Waals surface area (Å²) in [4.78, 5) is 15.9. The number of rotatable bonds is 3. The molecule has 2 amide bonds. The Morgan fingerprint density at radius 1 is 1.00 bits per heavy atom. The number of anilines is 1. The minimum atomic E-state index is -4.37. The van der Waals surface area contributed by atoms with E-state index in [9.17, 15) is 23.1 Å². The minimum Gasteiger partial charge on any atom is -0.506 e. The SMILES string of the molecule is O=C(NCc1ccc(C(F)(F)F)cc1)N1CCN(c2ccccc2O)CC1. The fourth-order valence-electron chi connectivity index (χ4n) is 2.98. The maximum Gasteiger partial charge on any atom is 0.416 e. The van der Waals surface area contributed by atoms with E-state index >= 15 is 0 Å². The summed E-state index contributed by atoms with van der Waals surface area (Å²) in [6.45, 7) is 2.33. The predicted molar refractivity (Wildman–Crippen MR) is 95.6 cm³/mol. The van der Waals surface area contributed by atoms with E-state index < -0.39 is 11.7 Å². The summed E-state index contributed by atoms with van der Waals surface area (Å²) in [6.07, 6.45) is -4.37. The molecular formula is C19H20F3N3O2. The first-order chi connectivity index (χ1) is 12.8. The second-order valence-electron chi connectivity index (χ2n) is 6.32. The molecule has 1 heterocycles. The predicted octanol–water partition coefficient (Wildman–Crippen LogP) is 3.44. The lowest BCUT2D eigenvalue weighted by Crippen LogP contribution is -2.51. The van der Waals surface area contributed by atoms with Crippen LogP contribution in [-0.4, -0.2) is 42.2 Å². The van der Waals surface area contributed by atoms with E-state index in [1.807, 2.05) is 17.0 Å². The quantitative estimate of drug-likeness (QED) is 0.859. The second kappa shape index (κ2) is 7.77. The number of benzene rings is 2. The largest absolute Gasteiger partial charge is 0.506 e. The molecule has 2 aromatic rings. The summed E-state index contributed by atoms with van der Waals surface area (Å²) < 4.78 is 37.7. The van der Waals surface area contributed by atoms with Crippen molar-refractivity contribution in [2.24, 2.45) is 0 Å². The van der Waals surface area contributed by atoms with Gasteiger partial charge in [0.1, 0.15) is 5.75 Å². The number of aromatic hydroxyl groups is 1. The summed E-state index contributed by atoms with van der Waals surface area (Å²) >= 11 is 0. The number of urea groups is 1. The van der Waals surface area contributed by atoms with Gasteiger partial charge in [0.15, 0.2) is 0 Å². The van der Waals surface area contributed by atoms with Gasteiger partial charge in [-0.05, 0) is 29.8 Å². The first kappa shape index (κ1) is 18.9. The Kier molecular flexibility index (Phi) is 5.43. The highest BCUT2D eigenvalue weighted by Crippen LogP contribution is 2.29. The van der Waals surface area contributed by atoms with Crippen molar-refractivity contribution in [2.75, 3.05) is 31.1 Å². The molecule has 0 aromatic heterocycles. The van der Waals surface area contributed by atoms with Crippen molar-refractivity contribution in [2.45, 2.75) is 12.7 Å². The lowest BCUT2D eigenvalue weighted by atomic mass is 10.1. The monoisotopic (exact) mass is 379 g/mol. The van der Waals surface area contributed by atoms with Crippen LogP contribution in [0.15, 0.2) is 48.5 Å². The molecule has 1 fully saturated rings. The number of para-hydroxylation sites is 2. The van der Waals surface area contributed by atoms with E-state index in [0.29, 0.717) is 31.7 Å². The summed E-state index contributed by atoms with van der Waals surface area (Å²) in [6, 6.07) is 11.5. The fourth-order valence-corrected chi connectivity index (χ4v) is 2.98. The van der Waals surface area contributed by atoms with E-state index in [-0.39, 0.29) is 18.3 Å². The highest BCUT2D eigenvalue weighted by molar-refractivity contribution is 5.74. The average Bonchev–Trinajstić information content (AvgIpc) is 2.66. The van der Waals surface area contributed by atoms with Gasteiger partial charge in [-0.2, -0.15) is 13.2 Å². The van der Waals surface area contributed by atoms with E-state index in [4.69, 9.17) is 0 Å². The summed E-state index contributed by atoms with van der Waals surface area (Å²) in [5.41, 5.74) is 0.629. The van der Waals surface area contributed by atoms with Gasteiger partial charge in [0, 0.05) is 32.7 Å².